The Morgan fingerprint density at radius 3 is 2.22 bits per heavy atom. The summed E-state index contributed by atoms with van der Waals surface area (Å²) in [6, 6.07) is 12.4. The molecule has 1 N–H and O–H groups in total. The Kier molecular flexibility index (Phi) is 9.00. The zero-order valence-electron chi connectivity index (χ0n) is 21.5. The number of aliphatic carboxylic acids is 1. The van der Waals surface area contributed by atoms with Crippen LogP contribution >= 0.6 is 23.2 Å². The molecule has 2 aromatic carbocycles. The summed E-state index contributed by atoms with van der Waals surface area (Å²) in [4.78, 5) is 27.1. The molecule has 3 rings (SSSR count). The summed E-state index contributed by atoms with van der Waals surface area (Å²) in [6.07, 6.45) is -2.34. The number of carbonyl (C=O) groups excluding carboxylic acids is 1. The van der Waals surface area contributed by atoms with E-state index in [1.165, 1.54) is 4.90 Å². The molecule has 0 bridgehead atoms. The summed E-state index contributed by atoms with van der Waals surface area (Å²) in [5.74, 6) is -1.76. The van der Waals surface area contributed by atoms with Gasteiger partial charge < -0.3 is 14.7 Å². The summed E-state index contributed by atoms with van der Waals surface area (Å²) in [7, 11) is -3.70. The Balaban J connectivity index is 2.26. The number of nitrogens with zero attached hydrogens (tertiary/aromatic N) is 1. The first-order valence-electron chi connectivity index (χ1n) is 12.1. The standard InChI is InChI=1S/C27H33Cl2NO6S/c1-6-21(16(2)37(34,35)27(3,4)5)30-24(17-10-12-19(28)13-11-17)25(18-8-7-9-20(29)14-18)36-22(26(30)33)15-23(31)32/h7-14,16,21-22,24-25H,6,15H2,1-5H3,(H,31,32). The smallest absolute Gasteiger partial charge is 0.306 e. The zero-order valence-corrected chi connectivity index (χ0v) is 23.8. The van der Waals surface area contributed by atoms with Crippen molar-refractivity contribution in [2.24, 2.45) is 0 Å². The maximum atomic E-state index is 13.9. The molecule has 7 nitrogen and oxygen atoms in total. The third-order valence-electron chi connectivity index (χ3n) is 6.84. The minimum absolute atomic E-state index is 0.328. The number of morpholine rings is 1. The van der Waals surface area contributed by atoms with Crippen LogP contribution in [0.25, 0.3) is 0 Å². The molecule has 1 aliphatic rings. The topological polar surface area (TPSA) is 101 Å². The lowest BCUT2D eigenvalue weighted by Crippen LogP contribution is -2.59. The van der Waals surface area contributed by atoms with Crippen LogP contribution in [0.4, 0.5) is 0 Å². The lowest BCUT2D eigenvalue weighted by atomic mass is 9.89. The molecule has 2 aromatic rings. The molecule has 0 aromatic heterocycles. The first-order chi connectivity index (χ1) is 17.2. The third kappa shape index (κ3) is 6.14. The molecular formula is C27H33Cl2NO6S. The molecule has 5 unspecified atom stereocenters. The maximum Gasteiger partial charge on any atom is 0.306 e. The molecule has 202 valence electrons. The van der Waals surface area contributed by atoms with Gasteiger partial charge in [-0.1, -0.05) is 54.4 Å². The third-order valence-corrected chi connectivity index (χ3v) is 10.3. The van der Waals surface area contributed by atoms with E-state index in [9.17, 15) is 23.1 Å². The van der Waals surface area contributed by atoms with Crippen LogP contribution in [0.15, 0.2) is 48.5 Å². The molecule has 1 heterocycles. The van der Waals surface area contributed by atoms with E-state index in [0.29, 0.717) is 27.6 Å². The Morgan fingerprint density at radius 1 is 1.08 bits per heavy atom. The fraction of sp³-hybridized carbons (Fsp3) is 0.481. The molecule has 5 atom stereocenters. The number of hydrogen-bond acceptors (Lipinski definition) is 5. The number of carboxylic acids is 1. The SMILES string of the molecule is CCC(C(C)S(=O)(=O)C(C)(C)C)N1C(=O)C(CC(=O)O)OC(c2cccc(Cl)c2)C1c1ccc(Cl)cc1. The van der Waals surface area contributed by atoms with Gasteiger partial charge in [0.2, 0.25) is 0 Å². The molecule has 1 fully saturated rings. The van der Waals surface area contributed by atoms with Crippen LogP contribution in [0.1, 0.15) is 70.7 Å². The second-order valence-electron chi connectivity index (χ2n) is 10.3. The predicted octanol–water partition coefficient (Wildman–Crippen LogP) is 5.86. The van der Waals surface area contributed by atoms with Gasteiger partial charge in [0, 0.05) is 16.1 Å². The van der Waals surface area contributed by atoms with E-state index in [2.05, 4.69) is 0 Å². The summed E-state index contributed by atoms with van der Waals surface area (Å²) in [6.45, 7) is 8.32. The molecule has 37 heavy (non-hydrogen) atoms. The number of amides is 1. The van der Waals surface area contributed by atoms with Crippen LogP contribution in [0.5, 0.6) is 0 Å². The average Bonchev–Trinajstić information content (AvgIpc) is 2.81. The molecule has 1 saturated heterocycles. The number of halogens is 2. The van der Waals surface area contributed by atoms with Crippen molar-refractivity contribution in [1.82, 2.24) is 4.90 Å². The zero-order chi connectivity index (χ0) is 27.7. The molecular weight excluding hydrogens is 537 g/mol. The number of rotatable bonds is 8. The highest BCUT2D eigenvalue weighted by atomic mass is 35.5. The Morgan fingerprint density at radius 2 is 1.70 bits per heavy atom. The lowest BCUT2D eigenvalue weighted by molar-refractivity contribution is -0.183. The molecule has 0 aliphatic carbocycles. The molecule has 1 aliphatic heterocycles. The van der Waals surface area contributed by atoms with E-state index in [4.69, 9.17) is 27.9 Å². The van der Waals surface area contributed by atoms with Crippen molar-refractivity contribution in [3.05, 3.63) is 69.7 Å². The van der Waals surface area contributed by atoms with E-state index < -0.39 is 62.4 Å². The molecule has 0 saturated carbocycles. The fourth-order valence-electron chi connectivity index (χ4n) is 4.88. The summed E-state index contributed by atoms with van der Waals surface area (Å²) in [5.41, 5.74) is 1.32. The first-order valence-corrected chi connectivity index (χ1v) is 14.4. The van der Waals surface area contributed by atoms with Crippen molar-refractivity contribution in [3.8, 4) is 0 Å². The minimum Gasteiger partial charge on any atom is -0.481 e. The first kappa shape index (κ1) is 29.4. The van der Waals surface area contributed by atoms with Gasteiger partial charge in [-0.25, -0.2) is 8.42 Å². The number of carbonyl (C=O) groups is 2. The number of hydrogen-bond donors (Lipinski definition) is 1. The van der Waals surface area contributed by atoms with Gasteiger partial charge in [-0.3, -0.25) is 9.59 Å². The summed E-state index contributed by atoms with van der Waals surface area (Å²) >= 11 is 12.4. The van der Waals surface area contributed by atoms with Crippen molar-refractivity contribution in [2.45, 2.75) is 81.7 Å². The Labute approximate surface area is 228 Å². The highest BCUT2D eigenvalue weighted by Crippen LogP contribution is 2.45. The molecule has 0 spiro atoms. The number of sulfone groups is 1. The van der Waals surface area contributed by atoms with Gasteiger partial charge in [0.1, 0.15) is 12.2 Å². The molecule has 1 amide bonds. The van der Waals surface area contributed by atoms with Crippen LogP contribution in [0.3, 0.4) is 0 Å². The van der Waals surface area contributed by atoms with E-state index in [1.54, 1.807) is 76.2 Å². The highest BCUT2D eigenvalue weighted by Gasteiger charge is 2.50. The normalized spacial score (nSPS) is 22.5. The van der Waals surface area contributed by atoms with Crippen LogP contribution in [0, 0.1) is 0 Å². The second kappa shape index (κ2) is 11.3. The lowest BCUT2D eigenvalue weighted by Gasteiger charge is -2.49. The number of benzene rings is 2. The van der Waals surface area contributed by atoms with Gasteiger partial charge in [0.25, 0.3) is 5.91 Å². The van der Waals surface area contributed by atoms with Crippen molar-refractivity contribution >= 4 is 44.9 Å². The van der Waals surface area contributed by atoms with Gasteiger partial charge in [-0.2, -0.15) is 0 Å². The minimum atomic E-state index is -3.70. The molecule has 10 heteroatoms. The van der Waals surface area contributed by atoms with E-state index in [1.807, 2.05) is 6.92 Å². The Bertz CT molecular complexity index is 1240. The van der Waals surface area contributed by atoms with Crippen molar-refractivity contribution < 1.29 is 27.9 Å². The average molecular weight is 571 g/mol. The van der Waals surface area contributed by atoms with Crippen LogP contribution in [0.2, 0.25) is 10.0 Å². The highest BCUT2D eigenvalue weighted by molar-refractivity contribution is 7.93. The summed E-state index contributed by atoms with van der Waals surface area (Å²) in [5, 5.41) is 9.56. The van der Waals surface area contributed by atoms with E-state index in [0.717, 1.165) is 0 Å². The van der Waals surface area contributed by atoms with E-state index >= 15 is 0 Å². The second-order valence-corrected chi connectivity index (χ2v) is 14.2. The largest absolute Gasteiger partial charge is 0.481 e. The number of ether oxygens (including phenoxy) is 1. The fourth-order valence-corrected chi connectivity index (χ4v) is 7.06. The van der Waals surface area contributed by atoms with Crippen LogP contribution in [-0.2, 0) is 24.2 Å². The Hall–Kier alpha value is -2.13. The predicted molar refractivity (Wildman–Crippen MR) is 145 cm³/mol. The van der Waals surface area contributed by atoms with Crippen LogP contribution < -0.4 is 0 Å². The molecule has 0 radical (unpaired) electrons. The van der Waals surface area contributed by atoms with Gasteiger partial charge in [-0.05, 0) is 69.5 Å². The maximum absolute atomic E-state index is 13.9. The summed E-state index contributed by atoms with van der Waals surface area (Å²) < 4.78 is 32.2. The monoisotopic (exact) mass is 569 g/mol. The van der Waals surface area contributed by atoms with Gasteiger partial charge in [0.05, 0.1) is 22.5 Å². The quantitative estimate of drug-likeness (QED) is 0.427. The van der Waals surface area contributed by atoms with Crippen molar-refractivity contribution in [3.63, 3.8) is 0 Å². The number of carboxylic acid groups (broad SMARTS) is 1. The van der Waals surface area contributed by atoms with Crippen molar-refractivity contribution in [2.75, 3.05) is 0 Å². The van der Waals surface area contributed by atoms with Gasteiger partial charge in [0.15, 0.2) is 9.84 Å². The van der Waals surface area contributed by atoms with Gasteiger partial charge in [-0.15, -0.1) is 0 Å². The van der Waals surface area contributed by atoms with Gasteiger partial charge >= 0.3 is 5.97 Å². The van der Waals surface area contributed by atoms with E-state index in [-0.39, 0.29) is 0 Å². The van der Waals surface area contributed by atoms with Crippen LogP contribution in [-0.4, -0.2) is 52.4 Å². The van der Waals surface area contributed by atoms with Crippen molar-refractivity contribution in [1.29, 1.82) is 0 Å².